The average Bonchev–Trinajstić information content (AvgIpc) is 2.94. The summed E-state index contributed by atoms with van der Waals surface area (Å²) in [6.07, 6.45) is -4.03. The van der Waals surface area contributed by atoms with Crippen LogP contribution in [-0.4, -0.2) is 31.2 Å². The van der Waals surface area contributed by atoms with E-state index in [2.05, 4.69) is 5.32 Å². The minimum Gasteiger partial charge on any atom is -0.324 e. The third kappa shape index (κ3) is 4.76. The Morgan fingerprint density at radius 2 is 1.88 bits per heavy atom. The number of carbonyl (C=O) groups excluding carboxylic acids is 1. The summed E-state index contributed by atoms with van der Waals surface area (Å²) in [5.74, 6) is -0.776. The fraction of sp³-hybridized carbons (Fsp3) is 0.263. The standard InChI is InChI=1S/C19H17ClF3N3O4S2/c1-10(17(27)24-11-4-7-15-16(8-11)31-18(28)25(15)2)26(32(3,29)30)12-5-6-14(20)13(9-12)19(21,22)23/h4-10H,1-3H3,(H,24,27). The molecule has 2 aromatic carbocycles. The maximum Gasteiger partial charge on any atom is 0.417 e. The number of carbonyl (C=O) groups is 1. The number of rotatable bonds is 5. The normalized spacial score (nSPS) is 13.2. The lowest BCUT2D eigenvalue weighted by Crippen LogP contribution is -2.45. The molecular weight excluding hydrogens is 491 g/mol. The fourth-order valence-corrected chi connectivity index (χ4v) is 5.44. The first-order valence-corrected chi connectivity index (χ1v) is 12.0. The van der Waals surface area contributed by atoms with E-state index in [9.17, 15) is 31.2 Å². The monoisotopic (exact) mass is 507 g/mol. The molecule has 13 heteroatoms. The van der Waals surface area contributed by atoms with Crippen molar-refractivity contribution in [3.8, 4) is 0 Å². The molecule has 1 atom stereocenters. The third-order valence-electron chi connectivity index (χ3n) is 4.66. The van der Waals surface area contributed by atoms with Crippen LogP contribution in [0.4, 0.5) is 24.5 Å². The predicted octanol–water partition coefficient (Wildman–Crippen LogP) is 4.07. The highest BCUT2D eigenvalue weighted by molar-refractivity contribution is 7.92. The molecule has 0 aliphatic carbocycles. The SMILES string of the molecule is CC(C(=O)Nc1ccc2c(c1)sc(=O)n2C)N(c1ccc(Cl)c(C(F)(F)F)c1)S(C)(=O)=O. The molecule has 32 heavy (non-hydrogen) atoms. The molecule has 3 aromatic rings. The van der Waals surface area contributed by atoms with Crippen LogP contribution < -0.4 is 14.5 Å². The van der Waals surface area contributed by atoms with Gasteiger partial charge in [0.15, 0.2) is 0 Å². The topological polar surface area (TPSA) is 88.5 Å². The molecule has 1 heterocycles. The van der Waals surface area contributed by atoms with Crippen LogP contribution in [0.5, 0.6) is 0 Å². The summed E-state index contributed by atoms with van der Waals surface area (Å²) in [7, 11) is -2.54. The van der Waals surface area contributed by atoms with Gasteiger partial charge < -0.3 is 9.88 Å². The Morgan fingerprint density at radius 3 is 2.47 bits per heavy atom. The summed E-state index contributed by atoms with van der Waals surface area (Å²) >= 11 is 6.59. The van der Waals surface area contributed by atoms with Gasteiger partial charge in [-0.05, 0) is 43.3 Å². The molecule has 3 rings (SSSR count). The molecule has 1 N–H and O–H groups in total. The maximum absolute atomic E-state index is 13.2. The molecule has 0 radical (unpaired) electrons. The Kier molecular flexibility index (Phi) is 6.33. The molecule has 0 spiro atoms. The van der Waals surface area contributed by atoms with Gasteiger partial charge in [-0.25, -0.2) is 8.42 Å². The molecule has 0 aliphatic heterocycles. The van der Waals surface area contributed by atoms with Gasteiger partial charge in [-0.3, -0.25) is 13.9 Å². The fourth-order valence-electron chi connectivity index (χ4n) is 3.13. The Bertz CT molecular complexity index is 1370. The summed E-state index contributed by atoms with van der Waals surface area (Å²) in [5, 5.41) is 1.95. The lowest BCUT2D eigenvalue weighted by Gasteiger charge is -2.29. The molecule has 1 unspecified atom stereocenters. The highest BCUT2D eigenvalue weighted by Crippen LogP contribution is 2.37. The van der Waals surface area contributed by atoms with Crippen LogP contribution in [0.3, 0.4) is 0 Å². The third-order valence-corrected chi connectivity index (χ3v) is 7.22. The Labute approximate surface area is 190 Å². The van der Waals surface area contributed by atoms with Gasteiger partial charge in [0.2, 0.25) is 15.9 Å². The van der Waals surface area contributed by atoms with Crippen molar-refractivity contribution in [1.29, 1.82) is 0 Å². The van der Waals surface area contributed by atoms with Crippen LogP contribution in [0.15, 0.2) is 41.2 Å². The van der Waals surface area contributed by atoms with Crippen LogP contribution in [-0.2, 0) is 28.0 Å². The average molecular weight is 508 g/mol. The van der Waals surface area contributed by atoms with Crippen molar-refractivity contribution in [2.75, 3.05) is 15.9 Å². The van der Waals surface area contributed by atoms with Crippen LogP contribution in [0.25, 0.3) is 10.2 Å². The number of aromatic nitrogens is 1. The molecule has 0 saturated heterocycles. The van der Waals surface area contributed by atoms with E-state index >= 15 is 0 Å². The van der Waals surface area contributed by atoms with Crippen molar-refractivity contribution in [2.24, 2.45) is 7.05 Å². The van der Waals surface area contributed by atoms with Gasteiger partial charge in [-0.2, -0.15) is 13.2 Å². The van der Waals surface area contributed by atoms with Gasteiger partial charge in [-0.15, -0.1) is 0 Å². The zero-order valence-corrected chi connectivity index (χ0v) is 19.3. The van der Waals surface area contributed by atoms with E-state index < -0.39 is 38.7 Å². The highest BCUT2D eigenvalue weighted by atomic mass is 35.5. The Hall–Kier alpha value is -2.57. The van der Waals surface area contributed by atoms with E-state index in [1.54, 1.807) is 19.2 Å². The first-order valence-electron chi connectivity index (χ1n) is 8.96. The van der Waals surface area contributed by atoms with Crippen molar-refractivity contribution in [3.05, 3.63) is 56.7 Å². The van der Waals surface area contributed by atoms with Gasteiger partial charge in [0, 0.05) is 12.7 Å². The van der Waals surface area contributed by atoms with Crippen molar-refractivity contribution >= 4 is 60.5 Å². The van der Waals surface area contributed by atoms with Gasteiger partial charge in [0.1, 0.15) is 6.04 Å². The van der Waals surface area contributed by atoms with Gasteiger partial charge >= 0.3 is 11.0 Å². The highest BCUT2D eigenvalue weighted by Gasteiger charge is 2.36. The number of halogens is 4. The number of fused-ring (bicyclic) bond motifs is 1. The van der Waals surface area contributed by atoms with E-state index in [-0.39, 0.29) is 10.6 Å². The second-order valence-corrected chi connectivity index (χ2v) is 10.3. The number of sulfonamides is 1. The number of anilines is 2. The first kappa shape index (κ1) is 24.1. The Morgan fingerprint density at radius 1 is 1.22 bits per heavy atom. The zero-order valence-electron chi connectivity index (χ0n) is 16.9. The van der Waals surface area contributed by atoms with Crippen molar-refractivity contribution < 1.29 is 26.4 Å². The van der Waals surface area contributed by atoms with Crippen molar-refractivity contribution in [3.63, 3.8) is 0 Å². The minimum absolute atomic E-state index is 0.191. The molecule has 7 nitrogen and oxygen atoms in total. The molecule has 0 saturated carbocycles. The predicted molar refractivity (Wildman–Crippen MR) is 119 cm³/mol. The smallest absolute Gasteiger partial charge is 0.324 e. The van der Waals surface area contributed by atoms with Crippen molar-refractivity contribution in [1.82, 2.24) is 4.57 Å². The number of benzene rings is 2. The van der Waals surface area contributed by atoms with E-state index in [1.165, 1.54) is 17.6 Å². The second-order valence-electron chi connectivity index (χ2n) is 7.00. The molecule has 1 aromatic heterocycles. The van der Waals surface area contributed by atoms with Crippen molar-refractivity contribution in [2.45, 2.75) is 19.1 Å². The van der Waals surface area contributed by atoms with Crippen LogP contribution in [0, 0.1) is 0 Å². The summed E-state index contributed by atoms with van der Waals surface area (Å²) in [4.78, 5) is 24.4. The molecule has 0 aliphatic rings. The summed E-state index contributed by atoms with van der Waals surface area (Å²) in [6.45, 7) is 1.25. The number of hydrogen-bond acceptors (Lipinski definition) is 5. The van der Waals surface area contributed by atoms with E-state index in [4.69, 9.17) is 11.6 Å². The largest absolute Gasteiger partial charge is 0.417 e. The quantitative estimate of drug-likeness (QED) is 0.564. The summed E-state index contributed by atoms with van der Waals surface area (Å²) < 4.78 is 67.1. The number of amides is 1. The second kappa shape index (κ2) is 8.41. The van der Waals surface area contributed by atoms with Gasteiger partial charge in [-0.1, -0.05) is 22.9 Å². The number of aryl methyl sites for hydroxylation is 1. The van der Waals surface area contributed by atoms with E-state index in [0.717, 1.165) is 29.7 Å². The van der Waals surface area contributed by atoms with Crippen LogP contribution in [0.2, 0.25) is 5.02 Å². The number of hydrogen-bond donors (Lipinski definition) is 1. The van der Waals surface area contributed by atoms with Gasteiger partial charge in [0.05, 0.1) is 32.7 Å². The lowest BCUT2D eigenvalue weighted by molar-refractivity contribution is -0.137. The van der Waals surface area contributed by atoms with E-state index in [1.807, 2.05) is 0 Å². The molecular formula is C19H17ClF3N3O4S2. The number of alkyl halides is 3. The van der Waals surface area contributed by atoms with E-state index in [0.29, 0.717) is 26.3 Å². The molecule has 1 amide bonds. The van der Waals surface area contributed by atoms with Crippen LogP contribution >= 0.6 is 22.9 Å². The molecule has 0 fully saturated rings. The van der Waals surface area contributed by atoms with Gasteiger partial charge in [0.25, 0.3) is 0 Å². The summed E-state index contributed by atoms with van der Waals surface area (Å²) in [5.41, 5.74) is -0.618. The molecule has 0 bridgehead atoms. The number of thiazole rings is 1. The number of nitrogens with zero attached hydrogens (tertiary/aromatic N) is 2. The maximum atomic E-state index is 13.2. The lowest BCUT2D eigenvalue weighted by atomic mass is 10.1. The minimum atomic E-state index is -4.81. The number of nitrogens with one attached hydrogen (secondary N) is 1. The first-order chi connectivity index (χ1) is 14.7. The summed E-state index contributed by atoms with van der Waals surface area (Å²) in [6, 6.07) is 5.92. The Balaban J connectivity index is 1.96. The molecule has 172 valence electrons. The zero-order chi connectivity index (χ0) is 24.0. The van der Waals surface area contributed by atoms with Crippen LogP contribution in [0.1, 0.15) is 12.5 Å².